The lowest BCUT2D eigenvalue weighted by atomic mass is 10.2. The van der Waals surface area contributed by atoms with Crippen LogP contribution >= 0.6 is 0 Å². The van der Waals surface area contributed by atoms with Crippen molar-refractivity contribution < 1.29 is 14.3 Å². The van der Waals surface area contributed by atoms with Crippen LogP contribution in [0.1, 0.15) is 10.4 Å². The predicted molar refractivity (Wildman–Crippen MR) is 68.9 cm³/mol. The molecule has 2 rings (SSSR count). The lowest BCUT2D eigenvalue weighted by Gasteiger charge is -2.23. The van der Waals surface area contributed by atoms with Crippen LogP contribution in [0.25, 0.3) is 0 Å². The molecule has 1 atom stereocenters. The van der Waals surface area contributed by atoms with E-state index in [1.807, 2.05) is 19.2 Å². The Balaban J connectivity index is 1.82. The van der Waals surface area contributed by atoms with Crippen molar-refractivity contribution in [2.75, 3.05) is 38.7 Å². The normalized spacial score (nSPS) is 19.3. The molecular formula is C13H18N2O3. The number of hydrogen-bond donors (Lipinski definition) is 2. The molecule has 5 nitrogen and oxygen atoms in total. The minimum atomic E-state index is -0.0909. The molecule has 0 aliphatic carbocycles. The quantitative estimate of drug-likeness (QED) is 0.832. The maximum Gasteiger partial charge on any atom is 0.251 e. The zero-order valence-corrected chi connectivity index (χ0v) is 10.4. The van der Waals surface area contributed by atoms with Gasteiger partial charge in [0.15, 0.2) is 0 Å². The summed E-state index contributed by atoms with van der Waals surface area (Å²) in [5.74, 6) is -0.0909. The second kappa shape index (κ2) is 6.37. The first kappa shape index (κ1) is 12.9. The van der Waals surface area contributed by atoms with Gasteiger partial charge in [0.2, 0.25) is 0 Å². The standard InChI is InChI=1S/C13H18N2O3/c1-14-11-4-2-10(3-5-11)13(16)15-8-12-9-17-6-7-18-12/h2-5,12,14H,6-9H2,1H3,(H,15,16). The molecule has 1 aromatic rings. The smallest absolute Gasteiger partial charge is 0.251 e. The van der Waals surface area contributed by atoms with Gasteiger partial charge >= 0.3 is 0 Å². The first-order chi connectivity index (χ1) is 8.79. The van der Waals surface area contributed by atoms with E-state index in [-0.39, 0.29) is 12.0 Å². The fourth-order valence-corrected chi connectivity index (χ4v) is 1.75. The summed E-state index contributed by atoms with van der Waals surface area (Å²) in [6.45, 7) is 2.25. The first-order valence-corrected chi connectivity index (χ1v) is 6.05. The van der Waals surface area contributed by atoms with Crippen LogP contribution in [0.4, 0.5) is 5.69 Å². The molecule has 1 unspecified atom stereocenters. The molecule has 0 bridgehead atoms. The van der Waals surface area contributed by atoms with Crippen molar-refractivity contribution >= 4 is 11.6 Å². The summed E-state index contributed by atoms with van der Waals surface area (Å²) in [5, 5.41) is 5.85. The molecule has 98 valence electrons. The Morgan fingerprint density at radius 3 is 2.72 bits per heavy atom. The number of benzene rings is 1. The van der Waals surface area contributed by atoms with Crippen LogP contribution in [-0.4, -0.2) is 45.4 Å². The molecule has 1 aromatic carbocycles. The van der Waals surface area contributed by atoms with Gasteiger partial charge in [0.05, 0.1) is 25.9 Å². The summed E-state index contributed by atoms with van der Waals surface area (Å²) in [7, 11) is 1.84. The summed E-state index contributed by atoms with van der Waals surface area (Å²) in [6, 6.07) is 7.32. The Labute approximate surface area is 106 Å². The maximum atomic E-state index is 11.9. The van der Waals surface area contributed by atoms with E-state index in [0.29, 0.717) is 31.9 Å². The van der Waals surface area contributed by atoms with Gasteiger partial charge in [0, 0.05) is 24.8 Å². The zero-order chi connectivity index (χ0) is 12.8. The van der Waals surface area contributed by atoms with E-state index >= 15 is 0 Å². The Kier molecular flexibility index (Phi) is 4.55. The van der Waals surface area contributed by atoms with E-state index in [2.05, 4.69) is 10.6 Å². The molecule has 1 fully saturated rings. The van der Waals surface area contributed by atoms with Gasteiger partial charge in [-0.05, 0) is 24.3 Å². The first-order valence-electron chi connectivity index (χ1n) is 6.05. The lowest BCUT2D eigenvalue weighted by molar-refractivity contribution is -0.0855. The summed E-state index contributed by atoms with van der Waals surface area (Å²) >= 11 is 0. The number of carbonyl (C=O) groups excluding carboxylic acids is 1. The van der Waals surface area contributed by atoms with Crippen LogP contribution < -0.4 is 10.6 Å². The van der Waals surface area contributed by atoms with Crippen molar-refractivity contribution in [3.8, 4) is 0 Å². The fraction of sp³-hybridized carbons (Fsp3) is 0.462. The molecule has 2 N–H and O–H groups in total. The summed E-state index contributed by atoms with van der Waals surface area (Å²) in [5.41, 5.74) is 1.63. The molecule has 0 radical (unpaired) electrons. The van der Waals surface area contributed by atoms with Gasteiger partial charge in [-0.3, -0.25) is 4.79 Å². The minimum absolute atomic E-state index is 0.0423. The maximum absolute atomic E-state index is 11.9. The van der Waals surface area contributed by atoms with E-state index in [9.17, 15) is 4.79 Å². The van der Waals surface area contributed by atoms with Crippen LogP contribution in [0.3, 0.4) is 0 Å². The monoisotopic (exact) mass is 250 g/mol. The van der Waals surface area contributed by atoms with Gasteiger partial charge in [-0.25, -0.2) is 0 Å². The molecule has 0 spiro atoms. The number of ether oxygens (including phenoxy) is 2. The van der Waals surface area contributed by atoms with Crippen LogP contribution in [0.5, 0.6) is 0 Å². The van der Waals surface area contributed by atoms with Crippen molar-refractivity contribution in [2.45, 2.75) is 6.10 Å². The minimum Gasteiger partial charge on any atom is -0.388 e. The predicted octanol–water partition coefficient (Wildman–Crippen LogP) is 0.873. The number of carbonyl (C=O) groups is 1. The van der Waals surface area contributed by atoms with Gasteiger partial charge in [0.25, 0.3) is 5.91 Å². The Hall–Kier alpha value is -1.59. The molecule has 0 saturated carbocycles. The summed E-state index contributed by atoms with van der Waals surface area (Å²) in [6.07, 6.45) is -0.0423. The molecule has 1 aliphatic heterocycles. The number of nitrogens with one attached hydrogen (secondary N) is 2. The molecule has 5 heteroatoms. The van der Waals surface area contributed by atoms with Crippen LogP contribution in [0, 0.1) is 0 Å². The third kappa shape index (κ3) is 3.45. The number of anilines is 1. The van der Waals surface area contributed by atoms with E-state index in [1.54, 1.807) is 12.1 Å². The number of hydrogen-bond acceptors (Lipinski definition) is 4. The van der Waals surface area contributed by atoms with Crippen molar-refractivity contribution in [1.29, 1.82) is 0 Å². The largest absolute Gasteiger partial charge is 0.388 e. The second-order valence-corrected chi connectivity index (χ2v) is 4.11. The SMILES string of the molecule is CNc1ccc(C(=O)NCC2COCCO2)cc1. The Morgan fingerprint density at radius 2 is 2.11 bits per heavy atom. The third-order valence-electron chi connectivity index (χ3n) is 2.81. The van der Waals surface area contributed by atoms with Crippen molar-refractivity contribution in [1.82, 2.24) is 5.32 Å². The van der Waals surface area contributed by atoms with Gasteiger partial charge in [-0.15, -0.1) is 0 Å². The molecule has 1 heterocycles. The van der Waals surface area contributed by atoms with Gasteiger partial charge in [0.1, 0.15) is 0 Å². The van der Waals surface area contributed by atoms with E-state index < -0.39 is 0 Å². The topological polar surface area (TPSA) is 59.6 Å². The Morgan fingerprint density at radius 1 is 1.33 bits per heavy atom. The molecular weight excluding hydrogens is 232 g/mol. The highest BCUT2D eigenvalue weighted by Gasteiger charge is 2.15. The number of rotatable bonds is 4. The van der Waals surface area contributed by atoms with Crippen molar-refractivity contribution in [2.24, 2.45) is 0 Å². The van der Waals surface area contributed by atoms with E-state index in [0.717, 1.165) is 5.69 Å². The van der Waals surface area contributed by atoms with Crippen LogP contribution in [0.15, 0.2) is 24.3 Å². The van der Waals surface area contributed by atoms with E-state index in [4.69, 9.17) is 9.47 Å². The van der Waals surface area contributed by atoms with Crippen molar-refractivity contribution in [3.05, 3.63) is 29.8 Å². The highest BCUT2D eigenvalue weighted by Crippen LogP contribution is 2.08. The molecule has 1 saturated heterocycles. The lowest BCUT2D eigenvalue weighted by Crippen LogP contribution is -2.39. The highest BCUT2D eigenvalue weighted by atomic mass is 16.6. The Bertz CT molecular complexity index is 386. The zero-order valence-electron chi connectivity index (χ0n) is 10.4. The summed E-state index contributed by atoms with van der Waals surface area (Å²) < 4.78 is 10.7. The van der Waals surface area contributed by atoms with E-state index in [1.165, 1.54) is 0 Å². The highest BCUT2D eigenvalue weighted by molar-refractivity contribution is 5.94. The average molecular weight is 250 g/mol. The van der Waals surface area contributed by atoms with Crippen LogP contribution in [0.2, 0.25) is 0 Å². The molecule has 1 aliphatic rings. The van der Waals surface area contributed by atoms with Gasteiger partial charge < -0.3 is 20.1 Å². The second-order valence-electron chi connectivity index (χ2n) is 4.11. The molecule has 18 heavy (non-hydrogen) atoms. The van der Waals surface area contributed by atoms with Crippen molar-refractivity contribution in [3.63, 3.8) is 0 Å². The van der Waals surface area contributed by atoms with Crippen LogP contribution in [-0.2, 0) is 9.47 Å². The fourth-order valence-electron chi connectivity index (χ4n) is 1.75. The van der Waals surface area contributed by atoms with Gasteiger partial charge in [-0.2, -0.15) is 0 Å². The summed E-state index contributed by atoms with van der Waals surface area (Å²) in [4.78, 5) is 11.9. The molecule has 0 aromatic heterocycles. The third-order valence-corrected chi connectivity index (χ3v) is 2.81. The average Bonchev–Trinajstić information content (AvgIpc) is 2.46. The van der Waals surface area contributed by atoms with Gasteiger partial charge in [-0.1, -0.05) is 0 Å². The molecule has 1 amide bonds. The number of amides is 1.